The third-order valence-corrected chi connectivity index (χ3v) is 2.85. The van der Waals surface area contributed by atoms with Crippen molar-refractivity contribution < 1.29 is 0 Å². The first kappa shape index (κ1) is 14.0. The average Bonchev–Trinajstić information content (AvgIpc) is 2.34. The van der Waals surface area contributed by atoms with Crippen LogP contribution >= 0.6 is 12.2 Å². The molecule has 0 saturated carbocycles. The summed E-state index contributed by atoms with van der Waals surface area (Å²) in [6.45, 7) is 7.42. The van der Waals surface area contributed by atoms with Crippen molar-refractivity contribution in [3.05, 3.63) is 35.9 Å². The molecule has 0 radical (unpaired) electrons. The van der Waals surface area contributed by atoms with Crippen molar-refractivity contribution in [2.45, 2.75) is 33.2 Å². The number of hydrogen-bond donors (Lipinski definition) is 2. The minimum atomic E-state index is 0.295. The minimum absolute atomic E-state index is 0.295. The summed E-state index contributed by atoms with van der Waals surface area (Å²) in [4.78, 5) is 0. The summed E-state index contributed by atoms with van der Waals surface area (Å²) < 4.78 is 0. The molecule has 0 heterocycles. The second-order valence-electron chi connectivity index (χ2n) is 4.62. The monoisotopic (exact) mass is 250 g/mol. The van der Waals surface area contributed by atoms with Gasteiger partial charge in [0.15, 0.2) is 5.11 Å². The van der Waals surface area contributed by atoms with Gasteiger partial charge in [0.25, 0.3) is 0 Å². The van der Waals surface area contributed by atoms with Crippen molar-refractivity contribution in [1.29, 1.82) is 0 Å². The molecule has 0 aliphatic carbocycles. The Bertz CT molecular complexity index is 335. The number of rotatable bonds is 5. The van der Waals surface area contributed by atoms with E-state index in [9.17, 15) is 0 Å². The Labute approximate surface area is 110 Å². The quantitative estimate of drug-likeness (QED) is 0.784. The van der Waals surface area contributed by atoms with Gasteiger partial charge >= 0.3 is 0 Å². The van der Waals surface area contributed by atoms with Crippen LogP contribution in [0.4, 0.5) is 0 Å². The summed E-state index contributed by atoms with van der Waals surface area (Å²) >= 11 is 5.29. The zero-order valence-electron chi connectivity index (χ0n) is 10.9. The van der Waals surface area contributed by atoms with Crippen molar-refractivity contribution in [3.8, 4) is 0 Å². The summed E-state index contributed by atoms with van der Waals surface area (Å²) in [5, 5.41) is 7.34. The normalized spacial score (nSPS) is 12.2. The molecule has 0 aliphatic heterocycles. The van der Waals surface area contributed by atoms with Gasteiger partial charge in [-0.25, -0.2) is 0 Å². The summed E-state index contributed by atoms with van der Waals surface area (Å²) in [5.41, 5.74) is 1.28. The van der Waals surface area contributed by atoms with Crippen LogP contribution in [0.1, 0.15) is 38.8 Å². The number of thiocarbonyl (C=S) groups is 1. The van der Waals surface area contributed by atoms with Crippen LogP contribution in [-0.2, 0) is 0 Å². The lowest BCUT2D eigenvalue weighted by Gasteiger charge is -2.20. The molecule has 1 rings (SSSR count). The zero-order chi connectivity index (χ0) is 12.7. The van der Waals surface area contributed by atoms with Crippen LogP contribution in [0.15, 0.2) is 30.3 Å². The van der Waals surface area contributed by atoms with Crippen molar-refractivity contribution in [2.75, 3.05) is 6.54 Å². The maximum absolute atomic E-state index is 5.29. The van der Waals surface area contributed by atoms with Gasteiger partial charge in [0.05, 0.1) is 6.04 Å². The lowest BCUT2D eigenvalue weighted by atomic mass is 10.1. The Morgan fingerprint density at radius 1 is 1.24 bits per heavy atom. The van der Waals surface area contributed by atoms with Gasteiger partial charge < -0.3 is 10.6 Å². The lowest BCUT2D eigenvalue weighted by molar-refractivity contribution is 0.587. The molecule has 0 amide bonds. The lowest BCUT2D eigenvalue weighted by Crippen LogP contribution is -2.39. The van der Waals surface area contributed by atoms with Gasteiger partial charge in [0.2, 0.25) is 0 Å². The van der Waals surface area contributed by atoms with Gasteiger partial charge in [-0.2, -0.15) is 0 Å². The topological polar surface area (TPSA) is 24.1 Å². The molecule has 0 aliphatic rings. The van der Waals surface area contributed by atoms with Crippen LogP contribution < -0.4 is 10.6 Å². The van der Waals surface area contributed by atoms with E-state index in [0.29, 0.717) is 12.0 Å². The smallest absolute Gasteiger partial charge is 0.166 e. The Balaban J connectivity index is 2.50. The van der Waals surface area contributed by atoms with Gasteiger partial charge in [0, 0.05) is 6.54 Å². The highest BCUT2D eigenvalue weighted by atomic mass is 32.1. The highest BCUT2D eigenvalue weighted by molar-refractivity contribution is 7.80. The number of hydrogen-bond acceptors (Lipinski definition) is 1. The van der Waals surface area contributed by atoms with Gasteiger partial charge in [0.1, 0.15) is 0 Å². The molecule has 2 N–H and O–H groups in total. The molecule has 1 unspecified atom stereocenters. The molecule has 0 spiro atoms. The highest BCUT2D eigenvalue weighted by Crippen LogP contribution is 2.15. The predicted molar refractivity (Wildman–Crippen MR) is 78.0 cm³/mol. The van der Waals surface area contributed by atoms with E-state index in [1.165, 1.54) is 5.56 Å². The first-order valence-electron chi connectivity index (χ1n) is 6.22. The largest absolute Gasteiger partial charge is 0.362 e. The summed E-state index contributed by atoms with van der Waals surface area (Å²) in [6, 6.07) is 10.7. The van der Waals surface area contributed by atoms with Gasteiger partial charge in [-0.15, -0.1) is 0 Å². The van der Waals surface area contributed by atoms with Crippen LogP contribution in [0.2, 0.25) is 0 Å². The van der Waals surface area contributed by atoms with Gasteiger partial charge in [-0.05, 0) is 30.1 Å². The third kappa shape index (κ3) is 5.18. The van der Waals surface area contributed by atoms with Crippen molar-refractivity contribution in [1.82, 2.24) is 10.6 Å². The molecule has 2 nitrogen and oxygen atoms in total. The SMILES string of the molecule is CCC(NC(=S)NCC(C)C)c1ccccc1. The van der Waals surface area contributed by atoms with Crippen molar-refractivity contribution >= 4 is 17.3 Å². The molecular weight excluding hydrogens is 228 g/mol. The van der Waals surface area contributed by atoms with Gasteiger partial charge in [-0.3, -0.25) is 0 Å². The Morgan fingerprint density at radius 3 is 2.41 bits per heavy atom. The second kappa shape index (κ2) is 7.28. The molecule has 0 aromatic heterocycles. The average molecular weight is 250 g/mol. The fourth-order valence-corrected chi connectivity index (χ4v) is 1.84. The van der Waals surface area contributed by atoms with E-state index in [0.717, 1.165) is 18.1 Å². The van der Waals surface area contributed by atoms with E-state index in [4.69, 9.17) is 12.2 Å². The Hall–Kier alpha value is -1.09. The summed E-state index contributed by atoms with van der Waals surface area (Å²) in [7, 11) is 0. The zero-order valence-corrected chi connectivity index (χ0v) is 11.7. The van der Waals surface area contributed by atoms with E-state index in [-0.39, 0.29) is 0 Å². The predicted octanol–water partition coefficient (Wildman–Crippen LogP) is 3.26. The van der Waals surface area contributed by atoms with E-state index in [2.05, 4.69) is 55.7 Å². The first-order valence-corrected chi connectivity index (χ1v) is 6.63. The van der Waals surface area contributed by atoms with Crippen LogP contribution in [0.5, 0.6) is 0 Å². The van der Waals surface area contributed by atoms with Crippen molar-refractivity contribution in [2.24, 2.45) is 5.92 Å². The molecule has 0 saturated heterocycles. The van der Waals surface area contributed by atoms with E-state index in [1.54, 1.807) is 0 Å². The molecule has 94 valence electrons. The van der Waals surface area contributed by atoms with Crippen molar-refractivity contribution in [3.63, 3.8) is 0 Å². The molecule has 0 bridgehead atoms. The molecule has 1 atom stereocenters. The first-order chi connectivity index (χ1) is 8.13. The fraction of sp³-hybridized carbons (Fsp3) is 0.500. The molecule has 0 fully saturated rings. The summed E-state index contributed by atoms with van der Waals surface area (Å²) in [6.07, 6.45) is 1.02. The van der Waals surface area contributed by atoms with Crippen LogP contribution in [0.25, 0.3) is 0 Å². The van der Waals surface area contributed by atoms with Gasteiger partial charge in [-0.1, -0.05) is 51.1 Å². The molecule has 3 heteroatoms. The molecular formula is C14H22N2S. The molecule has 17 heavy (non-hydrogen) atoms. The molecule has 1 aromatic rings. The maximum Gasteiger partial charge on any atom is 0.166 e. The van der Waals surface area contributed by atoms with E-state index < -0.39 is 0 Å². The van der Waals surface area contributed by atoms with Crippen LogP contribution in [0.3, 0.4) is 0 Å². The number of nitrogens with one attached hydrogen (secondary N) is 2. The fourth-order valence-electron chi connectivity index (χ4n) is 1.61. The second-order valence-corrected chi connectivity index (χ2v) is 5.03. The van der Waals surface area contributed by atoms with E-state index >= 15 is 0 Å². The summed E-state index contributed by atoms with van der Waals surface area (Å²) in [5.74, 6) is 0.603. The van der Waals surface area contributed by atoms with Crippen LogP contribution in [0, 0.1) is 5.92 Å². The standard InChI is InChI=1S/C14H22N2S/c1-4-13(12-8-6-5-7-9-12)16-14(17)15-10-11(2)3/h5-9,11,13H,4,10H2,1-3H3,(H2,15,16,17). The third-order valence-electron chi connectivity index (χ3n) is 2.59. The number of benzene rings is 1. The minimum Gasteiger partial charge on any atom is -0.362 e. The van der Waals surface area contributed by atoms with Crippen LogP contribution in [-0.4, -0.2) is 11.7 Å². The Morgan fingerprint density at radius 2 is 1.88 bits per heavy atom. The maximum atomic E-state index is 5.29. The Kier molecular flexibility index (Phi) is 5.98. The molecule has 1 aromatic carbocycles. The van der Waals surface area contributed by atoms with E-state index in [1.807, 2.05) is 6.07 Å². The highest BCUT2D eigenvalue weighted by Gasteiger charge is 2.09.